The van der Waals surface area contributed by atoms with Crippen LogP contribution in [0.3, 0.4) is 0 Å². The molecule has 0 saturated heterocycles. The minimum Gasteiger partial charge on any atom is -0.508 e. The maximum atomic E-state index is 12.8. The molecule has 0 atom stereocenters. The van der Waals surface area contributed by atoms with Gasteiger partial charge in [-0.3, -0.25) is 0 Å². The van der Waals surface area contributed by atoms with E-state index < -0.39 is 11.7 Å². The van der Waals surface area contributed by atoms with Gasteiger partial charge in [0.25, 0.3) is 0 Å². The van der Waals surface area contributed by atoms with E-state index in [0.717, 1.165) is 40.3 Å². The van der Waals surface area contributed by atoms with Gasteiger partial charge < -0.3 is 9.52 Å². The fourth-order valence-electron chi connectivity index (χ4n) is 2.98. The summed E-state index contributed by atoms with van der Waals surface area (Å²) in [6.07, 6.45) is -3.60. The lowest BCUT2D eigenvalue weighted by molar-refractivity contribution is -0.137. The van der Waals surface area contributed by atoms with Gasteiger partial charge in [0.2, 0.25) is 0 Å². The van der Waals surface area contributed by atoms with Crippen LogP contribution in [0.15, 0.2) is 57.8 Å². The van der Waals surface area contributed by atoms with E-state index in [0.29, 0.717) is 23.0 Å². The highest BCUT2D eigenvalue weighted by molar-refractivity contribution is 7.98. The molecule has 0 aliphatic heterocycles. The van der Waals surface area contributed by atoms with Crippen molar-refractivity contribution in [2.45, 2.75) is 44.0 Å². The minimum absolute atomic E-state index is 0.266. The van der Waals surface area contributed by atoms with Gasteiger partial charge in [-0.05, 0) is 54.8 Å². The average molecular weight is 420 g/mol. The van der Waals surface area contributed by atoms with Gasteiger partial charge in [0, 0.05) is 28.2 Å². The summed E-state index contributed by atoms with van der Waals surface area (Å²) in [6.45, 7) is 6.05. The number of thioether (sulfide) groups is 1. The molecule has 3 aromatic rings. The molecule has 2 nitrogen and oxygen atoms in total. The summed E-state index contributed by atoms with van der Waals surface area (Å²) in [5.74, 6) is 2.77. The lowest BCUT2D eigenvalue weighted by Gasteiger charge is -2.07. The van der Waals surface area contributed by atoms with Crippen molar-refractivity contribution in [2.75, 3.05) is 0 Å². The predicted molar refractivity (Wildman–Crippen MR) is 110 cm³/mol. The number of benzene rings is 2. The van der Waals surface area contributed by atoms with Crippen LogP contribution in [0.1, 0.15) is 36.3 Å². The molecule has 1 aromatic heterocycles. The molecule has 154 valence electrons. The third-order valence-corrected chi connectivity index (χ3v) is 5.59. The number of rotatable bonds is 6. The van der Waals surface area contributed by atoms with E-state index in [9.17, 15) is 18.3 Å². The SMILES string of the molecule is Cc1cc(SCc2cc(-c3ccc(C(F)(F)F)cc3)oc2CC(C)C)ccc1O. The summed E-state index contributed by atoms with van der Waals surface area (Å²) in [5, 5.41) is 9.68. The first-order chi connectivity index (χ1) is 13.6. The van der Waals surface area contributed by atoms with Crippen LogP contribution in [-0.2, 0) is 18.3 Å². The van der Waals surface area contributed by atoms with Crippen molar-refractivity contribution < 1.29 is 22.7 Å². The topological polar surface area (TPSA) is 33.4 Å². The van der Waals surface area contributed by atoms with E-state index in [2.05, 4.69) is 13.8 Å². The third kappa shape index (κ3) is 5.38. The molecule has 0 spiro atoms. The number of halogens is 3. The van der Waals surface area contributed by atoms with Crippen LogP contribution < -0.4 is 0 Å². The fraction of sp³-hybridized carbons (Fsp3) is 0.304. The molecule has 2 aromatic carbocycles. The molecule has 0 amide bonds. The number of alkyl halides is 3. The summed E-state index contributed by atoms with van der Waals surface area (Å²) < 4.78 is 44.5. The summed E-state index contributed by atoms with van der Waals surface area (Å²) in [5.41, 5.74) is 1.80. The number of furan rings is 1. The van der Waals surface area contributed by atoms with Gasteiger partial charge in [0.1, 0.15) is 17.3 Å². The molecule has 0 aliphatic rings. The molecule has 6 heteroatoms. The van der Waals surface area contributed by atoms with Crippen LogP contribution in [0, 0.1) is 12.8 Å². The Morgan fingerprint density at radius 1 is 1.03 bits per heavy atom. The first-order valence-corrected chi connectivity index (χ1v) is 10.3. The molecule has 3 rings (SSSR count). The van der Waals surface area contributed by atoms with Crippen molar-refractivity contribution in [3.63, 3.8) is 0 Å². The van der Waals surface area contributed by atoms with E-state index in [-0.39, 0.29) is 5.75 Å². The molecular weight excluding hydrogens is 397 g/mol. The summed E-state index contributed by atoms with van der Waals surface area (Å²) in [7, 11) is 0. The van der Waals surface area contributed by atoms with E-state index in [1.54, 1.807) is 17.8 Å². The average Bonchev–Trinajstić information content (AvgIpc) is 3.04. The summed E-state index contributed by atoms with van der Waals surface area (Å²) in [6, 6.07) is 12.4. The molecule has 0 fully saturated rings. The maximum absolute atomic E-state index is 12.8. The second kappa shape index (κ2) is 8.57. The van der Waals surface area contributed by atoms with Crippen molar-refractivity contribution in [1.82, 2.24) is 0 Å². The van der Waals surface area contributed by atoms with Crippen LogP contribution >= 0.6 is 11.8 Å². The highest BCUT2D eigenvalue weighted by Gasteiger charge is 2.30. The lowest BCUT2D eigenvalue weighted by atomic mass is 10.1. The Morgan fingerprint density at radius 2 is 1.72 bits per heavy atom. The number of hydrogen-bond donors (Lipinski definition) is 1. The van der Waals surface area contributed by atoms with Crippen LogP contribution in [0.2, 0.25) is 0 Å². The molecule has 0 radical (unpaired) electrons. The highest BCUT2D eigenvalue weighted by Crippen LogP contribution is 2.35. The van der Waals surface area contributed by atoms with E-state index >= 15 is 0 Å². The van der Waals surface area contributed by atoms with E-state index in [1.807, 2.05) is 25.1 Å². The molecular formula is C23H23F3O2S. The maximum Gasteiger partial charge on any atom is 0.416 e. The molecule has 0 saturated carbocycles. The Labute approximate surface area is 172 Å². The monoisotopic (exact) mass is 420 g/mol. The van der Waals surface area contributed by atoms with Crippen molar-refractivity contribution >= 4 is 11.8 Å². The van der Waals surface area contributed by atoms with Crippen molar-refractivity contribution in [1.29, 1.82) is 0 Å². The number of aromatic hydroxyl groups is 1. The van der Waals surface area contributed by atoms with Gasteiger partial charge in [-0.25, -0.2) is 0 Å². The van der Waals surface area contributed by atoms with Crippen LogP contribution in [0.4, 0.5) is 13.2 Å². The number of phenolic OH excluding ortho intramolecular Hbond substituents is 1. The Balaban J connectivity index is 1.84. The van der Waals surface area contributed by atoms with Gasteiger partial charge in [0.05, 0.1) is 5.56 Å². The minimum atomic E-state index is -4.35. The molecule has 0 unspecified atom stereocenters. The van der Waals surface area contributed by atoms with Gasteiger partial charge in [0.15, 0.2) is 0 Å². The standard InChI is InChI=1S/C23H23F3O2S/c1-14(2)10-21-17(13-29-19-8-9-20(27)15(3)11-19)12-22(28-21)16-4-6-18(7-5-16)23(24,25)26/h4-9,11-12,14,27H,10,13H2,1-3H3. The lowest BCUT2D eigenvalue weighted by Crippen LogP contribution is -2.03. The summed E-state index contributed by atoms with van der Waals surface area (Å²) >= 11 is 1.63. The number of aryl methyl sites for hydroxylation is 1. The predicted octanol–water partition coefficient (Wildman–Crippen LogP) is 7.47. The second-order valence-electron chi connectivity index (χ2n) is 7.47. The van der Waals surface area contributed by atoms with Gasteiger partial charge in [-0.1, -0.05) is 26.0 Å². The molecule has 1 N–H and O–H groups in total. The van der Waals surface area contributed by atoms with Crippen LogP contribution in [0.5, 0.6) is 5.75 Å². The normalized spacial score (nSPS) is 12.0. The first kappa shape index (κ1) is 21.4. The van der Waals surface area contributed by atoms with E-state index in [1.165, 1.54) is 12.1 Å². The fourth-order valence-corrected chi connectivity index (χ4v) is 3.97. The zero-order valence-electron chi connectivity index (χ0n) is 16.5. The van der Waals surface area contributed by atoms with Crippen LogP contribution in [0.25, 0.3) is 11.3 Å². The smallest absolute Gasteiger partial charge is 0.416 e. The van der Waals surface area contributed by atoms with Crippen molar-refractivity contribution in [3.05, 3.63) is 71.0 Å². The Hall–Kier alpha value is -2.34. The Bertz CT molecular complexity index is 973. The van der Waals surface area contributed by atoms with E-state index in [4.69, 9.17) is 4.42 Å². The van der Waals surface area contributed by atoms with Crippen molar-refractivity contribution in [2.24, 2.45) is 5.92 Å². The van der Waals surface area contributed by atoms with Gasteiger partial charge in [-0.2, -0.15) is 13.2 Å². The number of phenols is 1. The second-order valence-corrected chi connectivity index (χ2v) is 8.52. The Kier molecular flexibility index (Phi) is 6.32. The molecule has 29 heavy (non-hydrogen) atoms. The quantitative estimate of drug-likeness (QED) is 0.420. The first-order valence-electron chi connectivity index (χ1n) is 9.35. The Morgan fingerprint density at radius 3 is 2.31 bits per heavy atom. The molecule has 0 bridgehead atoms. The third-order valence-electron chi connectivity index (χ3n) is 4.55. The van der Waals surface area contributed by atoms with Crippen molar-refractivity contribution in [3.8, 4) is 17.1 Å². The zero-order chi connectivity index (χ0) is 21.2. The van der Waals surface area contributed by atoms with Crippen LogP contribution in [-0.4, -0.2) is 5.11 Å². The molecule has 0 aliphatic carbocycles. The largest absolute Gasteiger partial charge is 0.508 e. The zero-order valence-corrected chi connectivity index (χ0v) is 17.3. The van der Waals surface area contributed by atoms with Gasteiger partial charge in [-0.15, -0.1) is 11.8 Å². The van der Waals surface area contributed by atoms with Gasteiger partial charge >= 0.3 is 6.18 Å². The number of hydrogen-bond acceptors (Lipinski definition) is 3. The molecule has 1 heterocycles. The highest BCUT2D eigenvalue weighted by atomic mass is 32.2. The summed E-state index contributed by atoms with van der Waals surface area (Å²) in [4.78, 5) is 1.04.